The lowest BCUT2D eigenvalue weighted by atomic mass is 9.85. The van der Waals surface area contributed by atoms with Gasteiger partial charge in [0.15, 0.2) is 11.6 Å². The Labute approximate surface area is 169 Å². The number of aromatic nitrogens is 1. The molecule has 0 aliphatic carbocycles. The minimum Gasteiger partial charge on any atom is -0.355 e. The van der Waals surface area contributed by atoms with Crippen molar-refractivity contribution in [2.75, 3.05) is 6.54 Å². The molecule has 1 aromatic carbocycles. The van der Waals surface area contributed by atoms with Crippen LogP contribution in [0.2, 0.25) is 0 Å². The van der Waals surface area contributed by atoms with Crippen LogP contribution in [0, 0.1) is 13.8 Å². The maximum atomic E-state index is 13.3. The van der Waals surface area contributed by atoms with Gasteiger partial charge in [-0.1, -0.05) is 43.7 Å². The molecule has 3 rings (SSSR count). The van der Waals surface area contributed by atoms with Crippen LogP contribution in [-0.4, -0.2) is 39.9 Å². The van der Waals surface area contributed by atoms with Crippen LogP contribution >= 0.6 is 0 Å². The number of nitrogens with one attached hydrogen (secondary N) is 2. The third-order valence-corrected chi connectivity index (χ3v) is 5.44. The van der Waals surface area contributed by atoms with E-state index < -0.39 is 23.3 Å². The van der Waals surface area contributed by atoms with Crippen LogP contribution in [0.1, 0.15) is 64.4 Å². The number of benzene rings is 1. The summed E-state index contributed by atoms with van der Waals surface area (Å²) in [6.45, 7) is 6.39. The van der Waals surface area contributed by atoms with Crippen molar-refractivity contribution in [3.63, 3.8) is 0 Å². The highest BCUT2D eigenvalue weighted by molar-refractivity contribution is 6.12. The molecule has 0 bridgehead atoms. The fourth-order valence-corrected chi connectivity index (χ4v) is 4.16. The van der Waals surface area contributed by atoms with Crippen LogP contribution < -0.4 is 5.32 Å². The monoisotopic (exact) mass is 395 g/mol. The molecule has 2 N–H and O–H groups in total. The van der Waals surface area contributed by atoms with Gasteiger partial charge in [0.1, 0.15) is 5.54 Å². The Kier molecular flexibility index (Phi) is 5.42. The lowest BCUT2D eigenvalue weighted by molar-refractivity contribution is -0.131. The zero-order valence-electron chi connectivity index (χ0n) is 17.1. The van der Waals surface area contributed by atoms with Crippen LogP contribution in [0.4, 0.5) is 4.79 Å². The van der Waals surface area contributed by atoms with Crippen molar-refractivity contribution < 1.29 is 19.2 Å². The second-order valence-corrected chi connectivity index (χ2v) is 7.45. The van der Waals surface area contributed by atoms with Crippen molar-refractivity contribution in [1.82, 2.24) is 15.2 Å². The average molecular weight is 395 g/mol. The van der Waals surface area contributed by atoms with E-state index in [0.717, 1.165) is 4.90 Å². The first kappa shape index (κ1) is 20.5. The number of aryl methyl sites for hydroxylation is 1. The maximum Gasteiger partial charge on any atom is 0.325 e. The van der Waals surface area contributed by atoms with Gasteiger partial charge in [0.05, 0.1) is 12.2 Å². The van der Waals surface area contributed by atoms with Gasteiger partial charge < -0.3 is 10.3 Å². The average Bonchev–Trinajstić information content (AvgIpc) is 3.11. The summed E-state index contributed by atoms with van der Waals surface area (Å²) in [6.07, 6.45) is 1.11. The molecule has 2 heterocycles. The van der Waals surface area contributed by atoms with E-state index in [2.05, 4.69) is 10.3 Å². The number of urea groups is 1. The van der Waals surface area contributed by atoms with Gasteiger partial charge in [-0.05, 0) is 38.3 Å². The van der Waals surface area contributed by atoms with E-state index >= 15 is 0 Å². The topological polar surface area (TPSA) is 99.3 Å². The highest BCUT2D eigenvalue weighted by Crippen LogP contribution is 2.33. The van der Waals surface area contributed by atoms with Crippen molar-refractivity contribution in [2.24, 2.45) is 0 Å². The third kappa shape index (κ3) is 3.37. The number of imide groups is 1. The highest BCUT2D eigenvalue weighted by Gasteiger charge is 2.52. The molecule has 0 radical (unpaired) electrons. The standard InChI is InChI=1S/C22H25N3O4/c1-5-11-22(16-9-7-6-8-10-16)20(28)25(21(29)24-22)12-17(27)19-13(2)18(15(4)26)14(3)23-19/h6-10,23H,5,11-12H2,1-4H3,(H,24,29)/t22-/m1/s1. The molecule has 7 nitrogen and oxygen atoms in total. The first-order valence-corrected chi connectivity index (χ1v) is 9.65. The number of carbonyl (C=O) groups excluding carboxylic acids is 4. The van der Waals surface area contributed by atoms with E-state index in [1.807, 2.05) is 25.1 Å². The molecule has 0 unspecified atom stereocenters. The van der Waals surface area contributed by atoms with Gasteiger partial charge in [-0.25, -0.2) is 4.79 Å². The van der Waals surface area contributed by atoms with Gasteiger partial charge in [0.2, 0.25) is 0 Å². The van der Waals surface area contributed by atoms with Gasteiger partial charge >= 0.3 is 6.03 Å². The molecule has 1 aliphatic heterocycles. The van der Waals surface area contributed by atoms with Gasteiger partial charge in [0, 0.05) is 11.3 Å². The van der Waals surface area contributed by atoms with Gasteiger partial charge in [0.25, 0.3) is 5.91 Å². The Morgan fingerprint density at radius 2 is 1.76 bits per heavy atom. The Bertz CT molecular complexity index is 993. The SMILES string of the molecule is CCC[C@]1(c2ccccc2)NC(=O)N(CC(=O)c2[nH]c(C)c(C(C)=O)c2C)C1=O. The fraction of sp³-hybridized carbons (Fsp3) is 0.364. The lowest BCUT2D eigenvalue weighted by Gasteiger charge is -2.26. The molecule has 1 fully saturated rings. The molecule has 3 amide bonds. The van der Waals surface area contributed by atoms with E-state index in [1.54, 1.807) is 26.0 Å². The molecule has 152 valence electrons. The number of Topliss-reactive ketones (excluding diaryl/α,β-unsaturated/α-hetero) is 2. The Balaban J connectivity index is 1.92. The number of hydrogen-bond acceptors (Lipinski definition) is 4. The Hall–Kier alpha value is -3.22. The predicted octanol–water partition coefficient (Wildman–Crippen LogP) is 3.26. The number of carbonyl (C=O) groups is 4. The molecule has 0 saturated carbocycles. The summed E-state index contributed by atoms with van der Waals surface area (Å²) in [5.74, 6) is -0.991. The quantitative estimate of drug-likeness (QED) is 0.555. The first-order chi connectivity index (χ1) is 13.7. The third-order valence-electron chi connectivity index (χ3n) is 5.44. The van der Waals surface area contributed by atoms with E-state index in [-0.39, 0.29) is 18.0 Å². The minimum absolute atomic E-state index is 0.142. The van der Waals surface area contributed by atoms with Gasteiger partial charge in [-0.3, -0.25) is 19.3 Å². The largest absolute Gasteiger partial charge is 0.355 e. The number of hydrogen-bond donors (Lipinski definition) is 2. The van der Waals surface area contributed by atoms with Crippen LogP contribution in [0.15, 0.2) is 30.3 Å². The summed E-state index contributed by atoms with van der Waals surface area (Å²) in [7, 11) is 0. The summed E-state index contributed by atoms with van der Waals surface area (Å²) in [4.78, 5) is 54.6. The predicted molar refractivity (Wildman–Crippen MR) is 108 cm³/mol. The number of rotatable bonds is 7. The summed E-state index contributed by atoms with van der Waals surface area (Å²) in [6, 6.07) is 8.48. The molecule has 0 spiro atoms. The molecule has 1 saturated heterocycles. The molecule has 1 atom stereocenters. The van der Waals surface area contributed by atoms with E-state index in [0.29, 0.717) is 35.2 Å². The van der Waals surface area contributed by atoms with Crippen LogP contribution in [-0.2, 0) is 10.3 Å². The number of nitrogens with zero attached hydrogens (tertiary/aromatic N) is 1. The minimum atomic E-state index is -1.17. The fourth-order valence-electron chi connectivity index (χ4n) is 4.16. The van der Waals surface area contributed by atoms with Crippen molar-refractivity contribution in [3.05, 3.63) is 58.4 Å². The normalized spacial score (nSPS) is 18.8. The van der Waals surface area contributed by atoms with E-state index in [9.17, 15) is 19.2 Å². The molecule has 2 aromatic rings. The molecule has 1 aromatic heterocycles. The second-order valence-electron chi connectivity index (χ2n) is 7.45. The van der Waals surface area contributed by atoms with E-state index in [1.165, 1.54) is 6.92 Å². The van der Waals surface area contributed by atoms with Crippen molar-refractivity contribution in [2.45, 2.75) is 46.1 Å². The summed E-state index contributed by atoms with van der Waals surface area (Å²) in [5.41, 5.74) is 1.38. The Morgan fingerprint density at radius 3 is 2.31 bits per heavy atom. The maximum absolute atomic E-state index is 13.3. The number of aromatic amines is 1. The Morgan fingerprint density at radius 1 is 1.10 bits per heavy atom. The van der Waals surface area contributed by atoms with E-state index in [4.69, 9.17) is 0 Å². The molecule has 29 heavy (non-hydrogen) atoms. The number of ketones is 2. The molecule has 7 heteroatoms. The number of H-pyrrole nitrogens is 1. The zero-order valence-corrected chi connectivity index (χ0v) is 17.1. The van der Waals surface area contributed by atoms with Gasteiger partial charge in [-0.15, -0.1) is 0 Å². The smallest absolute Gasteiger partial charge is 0.325 e. The summed E-state index contributed by atoms with van der Waals surface area (Å²) >= 11 is 0. The molecular formula is C22H25N3O4. The molecule has 1 aliphatic rings. The van der Waals surface area contributed by atoms with Crippen LogP contribution in [0.3, 0.4) is 0 Å². The van der Waals surface area contributed by atoms with Crippen LogP contribution in [0.25, 0.3) is 0 Å². The lowest BCUT2D eigenvalue weighted by Crippen LogP contribution is -2.44. The van der Waals surface area contributed by atoms with Crippen molar-refractivity contribution in [3.8, 4) is 0 Å². The zero-order chi connectivity index (χ0) is 21.3. The van der Waals surface area contributed by atoms with Crippen molar-refractivity contribution in [1.29, 1.82) is 0 Å². The van der Waals surface area contributed by atoms with Crippen molar-refractivity contribution >= 4 is 23.5 Å². The highest BCUT2D eigenvalue weighted by atomic mass is 16.2. The van der Waals surface area contributed by atoms with Gasteiger partial charge in [-0.2, -0.15) is 0 Å². The molecular weight excluding hydrogens is 370 g/mol. The number of amides is 3. The van der Waals surface area contributed by atoms with Crippen LogP contribution in [0.5, 0.6) is 0 Å². The second kappa shape index (κ2) is 7.66. The summed E-state index contributed by atoms with van der Waals surface area (Å²) in [5, 5.41) is 2.81. The first-order valence-electron chi connectivity index (χ1n) is 9.65. The summed E-state index contributed by atoms with van der Waals surface area (Å²) < 4.78 is 0.